The van der Waals surface area contributed by atoms with Crippen LogP contribution in [0.2, 0.25) is 0 Å². The summed E-state index contributed by atoms with van der Waals surface area (Å²) in [6.45, 7) is 2.73. The second-order valence-corrected chi connectivity index (χ2v) is 7.58. The Morgan fingerprint density at radius 1 is 1.19 bits per heavy atom. The molecule has 2 atom stereocenters. The minimum atomic E-state index is -0.575. The summed E-state index contributed by atoms with van der Waals surface area (Å²) in [4.78, 5) is 25.7. The highest BCUT2D eigenvalue weighted by Crippen LogP contribution is 2.12. The second kappa shape index (κ2) is 11.1. The van der Waals surface area contributed by atoms with Crippen molar-refractivity contribution in [1.29, 1.82) is 0 Å². The van der Waals surface area contributed by atoms with Crippen molar-refractivity contribution in [2.24, 2.45) is 5.92 Å². The SMILES string of the molecule is Cl.O=C(NC(Cc1ccccc1)C(=O)NCCC1CCNC1)c1cccs1. The average molecular weight is 408 g/mol. The minimum Gasteiger partial charge on any atom is -0.354 e. The molecule has 1 aliphatic rings. The Morgan fingerprint density at radius 3 is 2.67 bits per heavy atom. The van der Waals surface area contributed by atoms with Crippen molar-refractivity contribution in [2.75, 3.05) is 19.6 Å². The first-order chi connectivity index (χ1) is 12.7. The Morgan fingerprint density at radius 2 is 2.00 bits per heavy atom. The van der Waals surface area contributed by atoms with Crippen molar-refractivity contribution < 1.29 is 9.59 Å². The molecule has 1 aromatic heterocycles. The molecule has 0 aliphatic carbocycles. The molecule has 0 spiro atoms. The Labute approximate surface area is 170 Å². The van der Waals surface area contributed by atoms with Crippen molar-refractivity contribution >= 4 is 35.6 Å². The third-order valence-electron chi connectivity index (χ3n) is 4.66. The number of amides is 2. The fraction of sp³-hybridized carbons (Fsp3) is 0.400. The zero-order valence-corrected chi connectivity index (χ0v) is 16.8. The van der Waals surface area contributed by atoms with E-state index in [0.29, 0.717) is 23.8 Å². The van der Waals surface area contributed by atoms with E-state index in [1.807, 2.05) is 41.8 Å². The predicted octanol–water partition coefficient (Wildman–Crippen LogP) is 2.63. The summed E-state index contributed by atoms with van der Waals surface area (Å²) in [6.07, 6.45) is 2.61. The number of thiophene rings is 1. The number of benzene rings is 1. The first-order valence-corrected chi connectivity index (χ1v) is 9.97. The summed E-state index contributed by atoms with van der Waals surface area (Å²) in [7, 11) is 0. The maximum absolute atomic E-state index is 12.7. The number of rotatable bonds is 8. The standard InChI is InChI=1S/C20H25N3O2S.ClH/c24-19(22-11-9-16-8-10-21-14-16)17(13-15-5-2-1-3-6-15)23-20(25)18-7-4-12-26-18;/h1-7,12,16-17,21H,8-11,13-14H2,(H,22,24)(H,23,25);1H. The van der Waals surface area contributed by atoms with E-state index in [1.165, 1.54) is 17.8 Å². The molecule has 0 saturated carbocycles. The molecule has 2 unspecified atom stereocenters. The number of carbonyl (C=O) groups is 2. The van der Waals surface area contributed by atoms with E-state index >= 15 is 0 Å². The van der Waals surface area contributed by atoms with Crippen molar-refractivity contribution in [3.05, 3.63) is 58.3 Å². The normalized spacial score (nSPS) is 17.0. The minimum absolute atomic E-state index is 0. The Balaban J connectivity index is 0.00000261. The van der Waals surface area contributed by atoms with Gasteiger partial charge in [0.2, 0.25) is 5.91 Å². The van der Waals surface area contributed by atoms with Crippen LogP contribution in [0.4, 0.5) is 0 Å². The molecule has 27 heavy (non-hydrogen) atoms. The van der Waals surface area contributed by atoms with Gasteiger partial charge in [0.15, 0.2) is 0 Å². The molecule has 2 heterocycles. The van der Waals surface area contributed by atoms with Gasteiger partial charge in [-0.1, -0.05) is 36.4 Å². The highest BCUT2D eigenvalue weighted by molar-refractivity contribution is 7.12. The van der Waals surface area contributed by atoms with Crippen LogP contribution in [0, 0.1) is 5.92 Å². The fourth-order valence-electron chi connectivity index (χ4n) is 3.18. The highest BCUT2D eigenvalue weighted by atomic mass is 35.5. The average Bonchev–Trinajstić information content (AvgIpc) is 3.36. The van der Waals surface area contributed by atoms with Crippen LogP contribution in [-0.4, -0.2) is 37.5 Å². The van der Waals surface area contributed by atoms with Gasteiger partial charge in [-0.3, -0.25) is 9.59 Å². The third-order valence-corrected chi connectivity index (χ3v) is 5.53. The predicted molar refractivity (Wildman–Crippen MR) is 112 cm³/mol. The summed E-state index contributed by atoms with van der Waals surface area (Å²) in [5.41, 5.74) is 1.03. The maximum atomic E-state index is 12.7. The zero-order valence-electron chi connectivity index (χ0n) is 15.1. The van der Waals surface area contributed by atoms with E-state index in [1.54, 1.807) is 6.07 Å². The van der Waals surface area contributed by atoms with Gasteiger partial charge in [0.1, 0.15) is 6.04 Å². The van der Waals surface area contributed by atoms with Gasteiger partial charge < -0.3 is 16.0 Å². The largest absolute Gasteiger partial charge is 0.354 e. The molecule has 1 fully saturated rings. The van der Waals surface area contributed by atoms with Gasteiger partial charge in [-0.05, 0) is 48.9 Å². The Kier molecular flexibility index (Phi) is 8.78. The van der Waals surface area contributed by atoms with Crippen molar-refractivity contribution in [2.45, 2.75) is 25.3 Å². The van der Waals surface area contributed by atoms with Crippen LogP contribution in [0.1, 0.15) is 28.1 Å². The van der Waals surface area contributed by atoms with E-state index in [2.05, 4.69) is 16.0 Å². The number of hydrogen-bond acceptors (Lipinski definition) is 4. The number of halogens is 1. The molecule has 146 valence electrons. The molecule has 3 rings (SSSR count). The lowest BCUT2D eigenvalue weighted by atomic mass is 10.0. The smallest absolute Gasteiger partial charge is 0.262 e. The molecule has 3 N–H and O–H groups in total. The summed E-state index contributed by atoms with van der Waals surface area (Å²) in [5, 5.41) is 11.1. The third kappa shape index (κ3) is 6.65. The fourth-order valence-corrected chi connectivity index (χ4v) is 3.81. The molecule has 0 radical (unpaired) electrons. The lowest BCUT2D eigenvalue weighted by Gasteiger charge is -2.19. The van der Waals surface area contributed by atoms with Gasteiger partial charge in [0.05, 0.1) is 4.88 Å². The molecule has 2 aromatic rings. The topological polar surface area (TPSA) is 70.2 Å². The van der Waals surface area contributed by atoms with Gasteiger partial charge in [-0.25, -0.2) is 0 Å². The molecule has 1 aromatic carbocycles. The van der Waals surface area contributed by atoms with Gasteiger partial charge in [-0.2, -0.15) is 0 Å². The van der Waals surface area contributed by atoms with Gasteiger partial charge >= 0.3 is 0 Å². The van der Waals surface area contributed by atoms with Crippen molar-refractivity contribution in [3.63, 3.8) is 0 Å². The molecular formula is C20H26ClN3O2S. The quantitative estimate of drug-likeness (QED) is 0.630. The highest BCUT2D eigenvalue weighted by Gasteiger charge is 2.22. The molecule has 2 amide bonds. The Bertz CT molecular complexity index is 703. The van der Waals surface area contributed by atoms with Crippen LogP contribution < -0.4 is 16.0 Å². The molecule has 5 nitrogen and oxygen atoms in total. The van der Waals surface area contributed by atoms with E-state index < -0.39 is 6.04 Å². The second-order valence-electron chi connectivity index (χ2n) is 6.63. The van der Waals surface area contributed by atoms with E-state index in [0.717, 1.165) is 25.1 Å². The van der Waals surface area contributed by atoms with Crippen LogP contribution >= 0.6 is 23.7 Å². The summed E-state index contributed by atoms with van der Waals surface area (Å²) >= 11 is 1.38. The van der Waals surface area contributed by atoms with E-state index in [-0.39, 0.29) is 24.2 Å². The first-order valence-electron chi connectivity index (χ1n) is 9.09. The first kappa shape index (κ1) is 21.4. The van der Waals surface area contributed by atoms with Crippen molar-refractivity contribution in [3.8, 4) is 0 Å². The van der Waals surface area contributed by atoms with Crippen LogP contribution in [0.5, 0.6) is 0 Å². The summed E-state index contributed by atoms with van der Waals surface area (Å²) in [5.74, 6) is 0.310. The van der Waals surface area contributed by atoms with Crippen LogP contribution in [-0.2, 0) is 11.2 Å². The van der Waals surface area contributed by atoms with E-state index in [4.69, 9.17) is 0 Å². The number of carbonyl (C=O) groups excluding carboxylic acids is 2. The summed E-state index contributed by atoms with van der Waals surface area (Å²) < 4.78 is 0. The molecule has 7 heteroatoms. The molecule has 0 bridgehead atoms. The Hall–Kier alpha value is -1.89. The van der Waals surface area contributed by atoms with Gasteiger partial charge in [-0.15, -0.1) is 23.7 Å². The lowest BCUT2D eigenvalue weighted by molar-refractivity contribution is -0.123. The van der Waals surface area contributed by atoms with E-state index in [9.17, 15) is 9.59 Å². The lowest BCUT2D eigenvalue weighted by Crippen LogP contribution is -2.48. The van der Waals surface area contributed by atoms with Crippen LogP contribution in [0.15, 0.2) is 47.8 Å². The van der Waals surface area contributed by atoms with Gasteiger partial charge in [0, 0.05) is 13.0 Å². The molecule has 1 saturated heterocycles. The van der Waals surface area contributed by atoms with Crippen LogP contribution in [0.3, 0.4) is 0 Å². The molecule has 1 aliphatic heterocycles. The monoisotopic (exact) mass is 407 g/mol. The maximum Gasteiger partial charge on any atom is 0.262 e. The number of hydrogen-bond donors (Lipinski definition) is 3. The molecular weight excluding hydrogens is 382 g/mol. The zero-order chi connectivity index (χ0) is 18.2. The summed E-state index contributed by atoms with van der Waals surface area (Å²) in [6, 6.07) is 12.8. The van der Waals surface area contributed by atoms with Crippen molar-refractivity contribution in [1.82, 2.24) is 16.0 Å². The number of nitrogens with one attached hydrogen (secondary N) is 3. The van der Waals surface area contributed by atoms with Crippen LogP contribution in [0.25, 0.3) is 0 Å². The van der Waals surface area contributed by atoms with Gasteiger partial charge in [0.25, 0.3) is 5.91 Å².